The number of benzene rings is 2. The van der Waals surface area contributed by atoms with Crippen LogP contribution in [0.1, 0.15) is 0 Å². The molecule has 5 nitrogen and oxygen atoms in total. The van der Waals surface area contributed by atoms with Crippen molar-refractivity contribution in [3.8, 4) is 5.95 Å². The molecule has 124 valence electrons. The minimum Gasteiger partial charge on any atom is -0.326 e. The largest absolute Gasteiger partial charge is 0.326 e. The van der Waals surface area contributed by atoms with Crippen molar-refractivity contribution in [3.63, 3.8) is 0 Å². The maximum absolute atomic E-state index is 6.02. The zero-order valence-corrected chi connectivity index (χ0v) is 15.1. The van der Waals surface area contributed by atoms with Gasteiger partial charge in [-0.3, -0.25) is 4.57 Å². The van der Waals surface area contributed by atoms with Crippen LogP contribution in [0, 0.1) is 0 Å². The van der Waals surface area contributed by atoms with Crippen LogP contribution in [0.15, 0.2) is 66.1 Å². The van der Waals surface area contributed by atoms with Crippen LogP contribution in [0.3, 0.4) is 0 Å². The molecule has 2 aromatic heterocycles. The van der Waals surface area contributed by atoms with E-state index in [1.807, 2.05) is 34.9 Å². The van der Waals surface area contributed by atoms with Gasteiger partial charge in [0.05, 0.1) is 11.0 Å². The van der Waals surface area contributed by atoms with E-state index in [9.17, 15) is 0 Å². The molecule has 0 aliphatic rings. The smallest absolute Gasteiger partial charge is 0.235 e. The molecule has 0 radical (unpaired) electrons. The van der Waals surface area contributed by atoms with E-state index in [2.05, 4.69) is 19.7 Å². The first-order chi connectivity index (χ1) is 12.2. The monoisotopic (exact) mass is 387 g/mol. The number of anilines is 1. The summed E-state index contributed by atoms with van der Waals surface area (Å²) in [5.74, 6) is 0.591. The van der Waals surface area contributed by atoms with E-state index in [1.54, 1.807) is 30.9 Å². The van der Waals surface area contributed by atoms with Gasteiger partial charge >= 0.3 is 0 Å². The summed E-state index contributed by atoms with van der Waals surface area (Å²) in [5, 5.41) is 1.21. The van der Waals surface area contributed by atoms with Gasteiger partial charge in [0.2, 0.25) is 5.95 Å². The third-order valence-corrected chi connectivity index (χ3v) is 4.68. The number of aromatic nitrogens is 4. The van der Waals surface area contributed by atoms with Crippen LogP contribution in [0.5, 0.6) is 0 Å². The minimum atomic E-state index is 0.591. The van der Waals surface area contributed by atoms with E-state index in [4.69, 9.17) is 23.2 Å². The molecule has 0 fully saturated rings. The van der Waals surface area contributed by atoms with Crippen molar-refractivity contribution < 1.29 is 0 Å². The maximum Gasteiger partial charge on any atom is 0.235 e. The van der Waals surface area contributed by atoms with Crippen molar-refractivity contribution in [2.45, 2.75) is 4.90 Å². The van der Waals surface area contributed by atoms with Gasteiger partial charge in [-0.05, 0) is 54.4 Å². The van der Waals surface area contributed by atoms with E-state index >= 15 is 0 Å². The quantitative estimate of drug-likeness (QED) is 0.485. The number of imidazole rings is 1. The molecule has 0 bridgehead atoms. The van der Waals surface area contributed by atoms with Crippen molar-refractivity contribution >= 4 is 51.9 Å². The summed E-state index contributed by atoms with van der Waals surface area (Å²) in [6.45, 7) is 0. The Morgan fingerprint density at radius 2 is 1.68 bits per heavy atom. The first-order valence-electron chi connectivity index (χ1n) is 7.32. The van der Waals surface area contributed by atoms with E-state index in [1.165, 1.54) is 11.9 Å². The average Bonchev–Trinajstić information content (AvgIpc) is 3.03. The molecule has 25 heavy (non-hydrogen) atoms. The van der Waals surface area contributed by atoms with E-state index < -0.39 is 0 Å². The van der Waals surface area contributed by atoms with Gasteiger partial charge in [0.1, 0.15) is 6.33 Å². The lowest BCUT2D eigenvalue weighted by atomic mass is 10.3. The number of fused-ring (bicyclic) bond motifs is 1. The molecule has 2 aromatic carbocycles. The second kappa shape index (κ2) is 6.92. The normalized spacial score (nSPS) is 11.0. The zero-order chi connectivity index (χ0) is 17.2. The minimum absolute atomic E-state index is 0.591. The van der Waals surface area contributed by atoms with E-state index in [0.29, 0.717) is 16.0 Å². The van der Waals surface area contributed by atoms with Crippen LogP contribution in [-0.2, 0) is 0 Å². The molecule has 2 heterocycles. The van der Waals surface area contributed by atoms with Crippen LogP contribution < -0.4 is 4.72 Å². The maximum atomic E-state index is 6.02. The second-order valence-electron chi connectivity index (χ2n) is 5.18. The van der Waals surface area contributed by atoms with Gasteiger partial charge < -0.3 is 4.72 Å². The summed E-state index contributed by atoms with van der Waals surface area (Å²) in [6.07, 6.45) is 5.13. The molecule has 0 saturated heterocycles. The Bertz CT molecular complexity index is 1020. The number of nitrogens with one attached hydrogen (secondary N) is 1. The zero-order valence-electron chi connectivity index (χ0n) is 12.7. The van der Waals surface area contributed by atoms with Crippen molar-refractivity contribution in [2.75, 3.05) is 4.72 Å². The van der Waals surface area contributed by atoms with Crippen molar-refractivity contribution in [3.05, 3.63) is 71.2 Å². The molecule has 4 aromatic rings. The molecule has 0 aliphatic heterocycles. The molecule has 0 spiro atoms. The Morgan fingerprint density at radius 3 is 2.44 bits per heavy atom. The number of nitrogens with zero attached hydrogens (tertiary/aromatic N) is 4. The topological polar surface area (TPSA) is 55.6 Å². The summed E-state index contributed by atoms with van der Waals surface area (Å²) in [7, 11) is 0. The molecule has 1 N–H and O–H groups in total. The predicted octanol–water partition coefficient (Wildman–Crippen LogP) is 5.24. The Labute approximate surface area is 158 Å². The lowest BCUT2D eigenvalue weighted by molar-refractivity contribution is 0.948. The van der Waals surface area contributed by atoms with Crippen LogP contribution in [0.4, 0.5) is 5.69 Å². The summed E-state index contributed by atoms with van der Waals surface area (Å²) < 4.78 is 5.13. The van der Waals surface area contributed by atoms with Crippen LogP contribution in [0.25, 0.3) is 17.0 Å². The summed E-state index contributed by atoms with van der Waals surface area (Å²) in [5.41, 5.74) is 2.71. The predicted molar refractivity (Wildman–Crippen MR) is 103 cm³/mol. The van der Waals surface area contributed by atoms with Crippen molar-refractivity contribution in [1.82, 2.24) is 19.5 Å². The SMILES string of the molecule is Clc1cc(Cl)cc(SNc2ccc3c(c2)ncn3-c2ncccn2)c1. The Hall–Kier alpha value is -2.28. The van der Waals surface area contributed by atoms with Gasteiger partial charge in [-0.25, -0.2) is 15.0 Å². The lowest BCUT2D eigenvalue weighted by Gasteiger charge is -2.07. The molecule has 0 unspecified atom stereocenters. The van der Waals surface area contributed by atoms with Gasteiger partial charge in [0.25, 0.3) is 0 Å². The first kappa shape index (κ1) is 16.2. The van der Waals surface area contributed by atoms with Gasteiger partial charge in [0, 0.05) is 33.0 Å². The van der Waals surface area contributed by atoms with Crippen LogP contribution in [-0.4, -0.2) is 19.5 Å². The average molecular weight is 388 g/mol. The number of halogens is 2. The van der Waals surface area contributed by atoms with Gasteiger partial charge in [-0.15, -0.1) is 0 Å². The highest BCUT2D eigenvalue weighted by Gasteiger charge is 2.07. The number of hydrogen-bond donors (Lipinski definition) is 1. The van der Waals surface area contributed by atoms with Crippen LogP contribution in [0.2, 0.25) is 10.0 Å². The number of hydrogen-bond acceptors (Lipinski definition) is 5. The number of rotatable bonds is 4. The van der Waals surface area contributed by atoms with Gasteiger partial charge in [-0.2, -0.15) is 0 Å². The summed E-state index contributed by atoms with van der Waals surface area (Å²) in [6, 6.07) is 13.1. The Kier molecular flexibility index (Phi) is 4.48. The third-order valence-electron chi connectivity index (χ3n) is 3.44. The van der Waals surface area contributed by atoms with E-state index in [-0.39, 0.29) is 0 Å². The molecule has 0 atom stereocenters. The molecular formula is C17H11Cl2N5S. The first-order valence-corrected chi connectivity index (χ1v) is 8.90. The van der Waals surface area contributed by atoms with Crippen LogP contribution >= 0.6 is 35.1 Å². The Balaban J connectivity index is 1.58. The third kappa shape index (κ3) is 3.56. The molecule has 0 saturated carbocycles. The van der Waals surface area contributed by atoms with Crippen molar-refractivity contribution in [2.24, 2.45) is 0 Å². The standard InChI is InChI=1S/C17H11Cl2N5S/c18-11-6-12(19)8-14(7-11)25-23-13-2-3-16-15(9-13)22-10-24(16)17-20-4-1-5-21-17/h1-10,23H. The molecular weight excluding hydrogens is 377 g/mol. The highest BCUT2D eigenvalue weighted by molar-refractivity contribution is 8.00. The summed E-state index contributed by atoms with van der Waals surface area (Å²) in [4.78, 5) is 13.9. The van der Waals surface area contributed by atoms with Gasteiger partial charge in [0.15, 0.2) is 0 Å². The molecule has 4 rings (SSSR count). The highest BCUT2D eigenvalue weighted by Crippen LogP contribution is 2.28. The van der Waals surface area contributed by atoms with E-state index in [0.717, 1.165) is 21.6 Å². The van der Waals surface area contributed by atoms with Crippen molar-refractivity contribution in [1.29, 1.82) is 0 Å². The second-order valence-corrected chi connectivity index (χ2v) is 6.93. The molecule has 0 amide bonds. The van der Waals surface area contributed by atoms with Gasteiger partial charge in [-0.1, -0.05) is 23.2 Å². The fourth-order valence-electron chi connectivity index (χ4n) is 2.36. The Morgan fingerprint density at radius 1 is 0.920 bits per heavy atom. The summed E-state index contributed by atoms with van der Waals surface area (Å²) >= 11 is 13.5. The fourth-order valence-corrected chi connectivity index (χ4v) is 3.75. The lowest BCUT2D eigenvalue weighted by Crippen LogP contribution is -1.98. The molecule has 8 heteroatoms. The fraction of sp³-hybridized carbons (Fsp3) is 0. The highest BCUT2D eigenvalue weighted by atomic mass is 35.5. The molecule has 0 aliphatic carbocycles.